The van der Waals surface area contributed by atoms with Crippen LogP contribution in [0.4, 0.5) is 0 Å². The molecule has 1 atom stereocenters. The molecule has 18 heavy (non-hydrogen) atoms. The van der Waals surface area contributed by atoms with Crippen molar-refractivity contribution >= 4 is 11.7 Å². The SMILES string of the molecule is COc1cnc(C(NN)c2cnsn2)c(OC)n1. The van der Waals surface area contributed by atoms with Gasteiger partial charge < -0.3 is 9.47 Å². The Labute approximate surface area is 107 Å². The molecular formula is C9H12N6O2S. The molecule has 1 unspecified atom stereocenters. The second kappa shape index (κ2) is 5.67. The van der Waals surface area contributed by atoms with Crippen molar-refractivity contribution in [2.75, 3.05) is 14.2 Å². The van der Waals surface area contributed by atoms with Gasteiger partial charge in [-0.15, -0.1) is 0 Å². The molecule has 0 saturated carbocycles. The van der Waals surface area contributed by atoms with Crippen LogP contribution in [0, 0.1) is 0 Å². The summed E-state index contributed by atoms with van der Waals surface area (Å²) < 4.78 is 18.2. The highest BCUT2D eigenvalue weighted by Gasteiger charge is 2.22. The quantitative estimate of drug-likeness (QED) is 0.571. The summed E-state index contributed by atoms with van der Waals surface area (Å²) in [6, 6.07) is -0.433. The van der Waals surface area contributed by atoms with Gasteiger partial charge in [-0.25, -0.2) is 10.4 Å². The van der Waals surface area contributed by atoms with Gasteiger partial charge in [-0.3, -0.25) is 5.84 Å². The van der Waals surface area contributed by atoms with E-state index in [0.717, 1.165) is 11.7 Å². The van der Waals surface area contributed by atoms with E-state index >= 15 is 0 Å². The zero-order valence-corrected chi connectivity index (χ0v) is 10.6. The first-order chi connectivity index (χ1) is 8.80. The van der Waals surface area contributed by atoms with Crippen LogP contribution in [-0.2, 0) is 0 Å². The van der Waals surface area contributed by atoms with Crippen LogP contribution < -0.4 is 20.7 Å². The zero-order chi connectivity index (χ0) is 13.0. The van der Waals surface area contributed by atoms with Gasteiger partial charge in [0, 0.05) is 0 Å². The van der Waals surface area contributed by atoms with Crippen molar-refractivity contribution in [2.45, 2.75) is 6.04 Å². The number of nitrogens with two attached hydrogens (primary N) is 1. The van der Waals surface area contributed by atoms with Crippen molar-refractivity contribution in [1.29, 1.82) is 0 Å². The molecule has 0 aliphatic carbocycles. The minimum Gasteiger partial charge on any atom is -0.480 e. The lowest BCUT2D eigenvalue weighted by Crippen LogP contribution is -2.30. The van der Waals surface area contributed by atoms with E-state index < -0.39 is 6.04 Å². The number of aromatic nitrogens is 4. The van der Waals surface area contributed by atoms with Crippen LogP contribution in [0.2, 0.25) is 0 Å². The molecule has 0 radical (unpaired) electrons. The maximum atomic E-state index is 5.52. The van der Waals surface area contributed by atoms with Crippen LogP contribution in [0.3, 0.4) is 0 Å². The first-order valence-electron chi connectivity index (χ1n) is 4.98. The summed E-state index contributed by atoms with van der Waals surface area (Å²) in [7, 11) is 3.01. The molecule has 0 amide bonds. The molecule has 9 heteroatoms. The summed E-state index contributed by atoms with van der Waals surface area (Å²) in [5, 5.41) is 0. The van der Waals surface area contributed by atoms with E-state index in [2.05, 4.69) is 24.1 Å². The Morgan fingerprint density at radius 2 is 2.17 bits per heavy atom. The van der Waals surface area contributed by atoms with Gasteiger partial charge in [-0.2, -0.15) is 13.7 Å². The summed E-state index contributed by atoms with van der Waals surface area (Å²) in [4.78, 5) is 8.37. The van der Waals surface area contributed by atoms with Crippen LogP contribution in [-0.4, -0.2) is 32.9 Å². The van der Waals surface area contributed by atoms with E-state index in [1.807, 2.05) is 0 Å². The zero-order valence-electron chi connectivity index (χ0n) is 9.82. The molecule has 8 nitrogen and oxygen atoms in total. The molecule has 0 aromatic carbocycles. The molecule has 0 fully saturated rings. The first-order valence-corrected chi connectivity index (χ1v) is 5.71. The molecule has 96 valence electrons. The van der Waals surface area contributed by atoms with Crippen molar-refractivity contribution in [1.82, 2.24) is 24.1 Å². The molecular weight excluding hydrogens is 256 g/mol. The van der Waals surface area contributed by atoms with Crippen molar-refractivity contribution in [3.8, 4) is 11.8 Å². The second-order valence-electron chi connectivity index (χ2n) is 3.24. The molecule has 2 rings (SSSR count). The van der Waals surface area contributed by atoms with E-state index in [9.17, 15) is 0 Å². The Morgan fingerprint density at radius 3 is 2.72 bits per heavy atom. The van der Waals surface area contributed by atoms with Crippen molar-refractivity contribution < 1.29 is 9.47 Å². The highest BCUT2D eigenvalue weighted by Crippen LogP contribution is 2.26. The Hall–Kier alpha value is -1.84. The Morgan fingerprint density at radius 1 is 1.33 bits per heavy atom. The maximum Gasteiger partial charge on any atom is 0.240 e. The predicted octanol–water partition coefficient (Wildman–Crippen LogP) is -0.102. The van der Waals surface area contributed by atoms with Crippen molar-refractivity contribution in [3.63, 3.8) is 0 Å². The summed E-state index contributed by atoms with van der Waals surface area (Å²) >= 11 is 1.09. The van der Waals surface area contributed by atoms with Crippen molar-refractivity contribution in [3.05, 3.63) is 23.8 Å². The summed E-state index contributed by atoms with van der Waals surface area (Å²) in [6.07, 6.45) is 3.10. The van der Waals surface area contributed by atoms with Gasteiger partial charge in [0.1, 0.15) is 11.7 Å². The van der Waals surface area contributed by atoms with Gasteiger partial charge in [0.05, 0.1) is 44.0 Å². The predicted molar refractivity (Wildman–Crippen MR) is 64.2 cm³/mol. The fraction of sp³-hybridized carbons (Fsp3) is 0.333. The lowest BCUT2D eigenvalue weighted by Gasteiger charge is -2.15. The van der Waals surface area contributed by atoms with Crippen molar-refractivity contribution in [2.24, 2.45) is 5.84 Å². The van der Waals surface area contributed by atoms with Gasteiger partial charge in [0.2, 0.25) is 11.8 Å². The van der Waals surface area contributed by atoms with Gasteiger partial charge in [-0.05, 0) is 0 Å². The van der Waals surface area contributed by atoms with Crippen LogP contribution >= 0.6 is 11.7 Å². The third-order valence-electron chi connectivity index (χ3n) is 2.26. The highest BCUT2D eigenvalue weighted by atomic mass is 32.1. The van der Waals surface area contributed by atoms with E-state index in [0.29, 0.717) is 23.1 Å². The molecule has 3 N–H and O–H groups in total. The molecule has 2 aromatic heterocycles. The highest BCUT2D eigenvalue weighted by molar-refractivity contribution is 6.99. The van der Waals surface area contributed by atoms with Gasteiger partial charge >= 0.3 is 0 Å². The third-order valence-corrected chi connectivity index (χ3v) is 2.75. The van der Waals surface area contributed by atoms with E-state index in [-0.39, 0.29) is 0 Å². The lowest BCUT2D eigenvalue weighted by molar-refractivity contribution is 0.352. The normalized spacial score (nSPS) is 12.2. The number of hydrogen-bond donors (Lipinski definition) is 2. The molecule has 0 aliphatic heterocycles. The standard InChI is InChI=1S/C9H12N6O2S/c1-16-6-4-11-8(9(13-6)17-2)7(14-10)5-3-12-18-15-5/h3-4,7,14H,10H2,1-2H3. The Balaban J connectivity index is 2.42. The molecule has 2 aromatic rings. The van der Waals surface area contributed by atoms with Gasteiger partial charge in [0.25, 0.3) is 0 Å². The van der Waals surface area contributed by atoms with Gasteiger partial charge in [0.15, 0.2) is 0 Å². The average Bonchev–Trinajstić information content (AvgIpc) is 2.94. The maximum absolute atomic E-state index is 5.52. The van der Waals surface area contributed by atoms with E-state index in [1.165, 1.54) is 20.4 Å². The largest absolute Gasteiger partial charge is 0.480 e. The number of ether oxygens (including phenoxy) is 2. The van der Waals surface area contributed by atoms with Crippen LogP contribution in [0.5, 0.6) is 11.8 Å². The Bertz CT molecular complexity index is 506. The average molecular weight is 268 g/mol. The van der Waals surface area contributed by atoms with Crippen LogP contribution in [0.1, 0.15) is 17.4 Å². The molecule has 0 bridgehead atoms. The van der Waals surface area contributed by atoms with Gasteiger partial charge in [-0.1, -0.05) is 0 Å². The molecule has 0 spiro atoms. The number of nitrogens with zero attached hydrogens (tertiary/aromatic N) is 4. The molecule has 2 heterocycles. The summed E-state index contributed by atoms with van der Waals surface area (Å²) in [5.41, 5.74) is 3.79. The minimum absolute atomic E-state index is 0.324. The Kier molecular flexibility index (Phi) is 3.97. The number of rotatable bonds is 5. The van der Waals surface area contributed by atoms with E-state index in [1.54, 1.807) is 6.20 Å². The first kappa shape index (κ1) is 12.6. The number of hydrazine groups is 1. The number of hydrogen-bond acceptors (Lipinski definition) is 9. The topological polar surface area (TPSA) is 108 Å². The third kappa shape index (κ3) is 2.37. The smallest absolute Gasteiger partial charge is 0.240 e. The summed E-state index contributed by atoms with van der Waals surface area (Å²) in [6.45, 7) is 0. The number of nitrogens with one attached hydrogen (secondary N) is 1. The monoisotopic (exact) mass is 268 g/mol. The lowest BCUT2D eigenvalue weighted by atomic mass is 10.1. The van der Waals surface area contributed by atoms with Crippen LogP contribution in [0.25, 0.3) is 0 Å². The fourth-order valence-electron chi connectivity index (χ4n) is 1.42. The summed E-state index contributed by atoms with van der Waals surface area (Å²) in [5.74, 6) is 6.21. The molecule has 0 aliphatic rings. The van der Waals surface area contributed by atoms with Crippen LogP contribution in [0.15, 0.2) is 12.4 Å². The minimum atomic E-state index is -0.433. The molecule has 0 saturated heterocycles. The fourth-order valence-corrected chi connectivity index (χ4v) is 1.87. The number of methoxy groups -OCH3 is 2. The van der Waals surface area contributed by atoms with E-state index in [4.69, 9.17) is 15.3 Å². The second-order valence-corrected chi connectivity index (χ2v) is 3.80.